The molecule has 1 N–H and O–H groups in total. The molecule has 4 heteroatoms. The first-order valence-corrected chi connectivity index (χ1v) is 5.25. The van der Waals surface area contributed by atoms with Gasteiger partial charge in [0.15, 0.2) is 0 Å². The van der Waals surface area contributed by atoms with Gasteiger partial charge in [-0.25, -0.2) is 0 Å². The number of thiol groups is 1. The second-order valence-electron chi connectivity index (χ2n) is 3.49. The van der Waals surface area contributed by atoms with E-state index in [9.17, 15) is 4.79 Å². The molecule has 0 aromatic rings. The largest absolute Gasteiger partial charge is 0.379 e. The summed E-state index contributed by atoms with van der Waals surface area (Å²) in [6, 6.07) is 0. The van der Waals surface area contributed by atoms with Gasteiger partial charge in [0, 0.05) is 13.2 Å². The summed E-state index contributed by atoms with van der Waals surface area (Å²) in [6.07, 6.45) is 2.61. The molecule has 1 saturated carbocycles. The fraction of sp³-hybridized carbons (Fsp3) is 0.889. The summed E-state index contributed by atoms with van der Waals surface area (Å²) in [5, 5.41) is 2.50. The zero-order valence-electron chi connectivity index (χ0n) is 7.95. The van der Waals surface area contributed by atoms with E-state index in [1.165, 1.54) is 12.8 Å². The van der Waals surface area contributed by atoms with Crippen LogP contribution in [0.15, 0.2) is 0 Å². The molecule has 0 aromatic heterocycles. The quantitative estimate of drug-likeness (QED) is 0.496. The van der Waals surface area contributed by atoms with Crippen LogP contribution in [0, 0.1) is 5.92 Å². The molecule has 0 aromatic carbocycles. The molecule has 1 aliphatic carbocycles. The normalized spacial score (nSPS) is 18.3. The van der Waals surface area contributed by atoms with E-state index in [1.54, 1.807) is 6.92 Å². The van der Waals surface area contributed by atoms with Gasteiger partial charge >= 0.3 is 0 Å². The smallest absolute Gasteiger partial charge is 0.232 e. The lowest BCUT2D eigenvalue weighted by molar-refractivity contribution is -0.120. The van der Waals surface area contributed by atoms with E-state index in [4.69, 9.17) is 4.74 Å². The van der Waals surface area contributed by atoms with Crippen molar-refractivity contribution in [2.45, 2.75) is 25.0 Å². The molecule has 0 radical (unpaired) electrons. The maximum absolute atomic E-state index is 11.0. The predicted molar refractivity (Wildman–Crippen MR) is 55.0 cm³/mol. The van der Waals surface area contributed by atoms with Crippen LogP contribution >= 0.6 is 12.6 Å². The lowest BCUT2D eigenvalue weighted by Gasteiger charge is -2.07. The summed E-state index contributed by atoms with van der Waals surface area (Å²) in [7, 11) is 0. The minimum absolute atomic E-state index is 0.0293. The SMILES string of the molecule is CC(S)C(=O)NCCOCC1CC1. The van der Waals surface area contributed by atoms with E-state index in [0.29, 0.717) is 13.2 Å². The highest BCUT2D eigenvalue weighted by Crippen LogP contribution is 2.28. The zero-order valence-corrected chi connectivity index (χ0v) is 8.85. The lowest BCUT2D eigenvalue weighted by atomic mass is 10.4. The Bertz CT molecular complexity index is 169. The van der Waals surface area contributed by atoms with E-state index in [-0.39, 0.29) is 11.2 Å². The van der Waals surface area contributed by atoms with E-state index in [1.807, 2.05) is 0 Å². The Morgan fingerprint density at radius 1 is 1.69 bits per heavy atom. The molecule has 0 bridgehead atoms. The van der Waals surface area contributed by atoms with Gasteiger partial charge in [-0.1, -0.05) is 0 Å². The summed E-state index contributed by atoms with van der Waals surface area (Å²) in [4.78, 5) is 11.0. The van der Waals surface area contributed by atoms with Crippen molar-refractivity contribution in [3.05, 3.63) is 0 Å². The van der Waals surface area contributed by atoms with Crippen LogP contribution in [-0.2, 0) is 9.53 Å². The molecule has 0 aliphatic heterocycles. The molecule has 0 heterocycles. The van der Waals surface area contributed by atoms with Crippen molar-refractivity contribution in [3.8, 4) is 0 Å². The van der Waals surface area contributed by atoms with Gasteiger partial charge in [0.1, 0.15) is 0 Å². The first-order valence-electron chi connectivity index (χ1n) is 4.73. The zero-order chi connectivity index (χ0) is 9.68. The Morgan fingerprint density at radius 2 is 2.38 bits per heavy atom. The second kappa shape index (κ2) is 5.50. The fourth-order valence-electron chi connectivity index (χ4n) is 0.929. The van der Waals surface area contributed by atoms with Crippen LogP contribution in [0.1, 0.15) is 19.8 Å². The van der Waals surface area contributed by atoms with Gasteiger partial charge in [-0.2, -0.15) is 12.6 Å². The number of carbonyl (C=O) groups excluding carboxylic acids is 1. The van der Waals surface area contributed by atoms with E-state index >= 15 is 0 Å². The Labute approximate surface area is 84.6 Å². The van der Waals surface area contributed by atoms with Gasteiger partial charge < -0.3 is 10.1 Å². The molecule has 76 valence electrons. The second-order valence-corrected chi connectivity index (χ2v) is 4.26. The maximum Gasteiger partial charge on any atom is 0.232 e. The molecule has 3 nitrogen and oxygen atoms in total. The van der Waals surface area contributed by atoms with Gasteiger partial charge in [-0.3, -0.25) is 4.79 Å². The third-order valence-electron chi connectivity index (χ3n) is 1.98. The standard InChI is InChI=1S/C9H17NO2S/c1-7(13)9(11)10-4-5-12-6-8-2-3-8/h7-8,13H,2-6H2,1H3,(H,10,11). The van der Waals surface area contributed by atoms with Crippen LogP contribution in [0.4, 0.5) is 0 Å². The molecule has 13 heavy (non-hydrogen) atoms. The molecule has 0 saturated heterocycles. The van der Waals surface area contributed by atoms with E-state index < -0.39 is 0 Å². The number of ether oxygens (including phenoxy) is 1. The number of nitrogens with one attached hydrogen (secondary N) is 1. The molecule has 1 aliphatic rings. The molecule has 1 amide bonds. The van der Waals surface area contributed by atoms with Gasteiger partial charge in [0.05, 0.1) is 11.9 Å². The van der Waals surface area contributed by atoms with Crippen LogP contribution < -0.4 is 5.32 Å². The van der Waals surface area contributed by atoms with Crippen LogP contribution in [0.25, 0.3) is 0 Å². The summed E-state index contributed by atoms with van der Waals surface area (Å²) in [5.74, 6) is 0.762. The van der Waals surface area contributed by atoms with Gasteiger partial charge in [0.25, 0.3) is 0 Å². The van der Waals surface area contributed by atoms with Crippen LogP contribution in [0.3, 0.4) is 0 Å². The van der Waals surface area contributed by atoms with Crippen LogP contribution in [-0.4, -0.2) is 30.9 Å². The number of rotatable bonds is 6. The summed E-state index contributed by atoms with van der Waals surface area (Å²) >= 11 is 4.01. The Balaban J connectivity index is 1.85. The molecule has 0 spiro atoms. The fourth-order valence-corrected chi connectivity index (χ4v) is 1.02. The molecule has 1 fully saturated rings. The Hall–Kier alpha value is -0.220. The van der Waals surface area contributed by atoms with Gasteiger partial charge in [-0.05, 0) is 25.7 Å². The third kappa shape index (κ3) is 5.16. The maximum atomic E-state index is 11.0. The van der Waals surface area contributed by atoms with Crippen molar-refractivity contribution in [2.24, 2.45) is 5.92 Å². The predicted octanol–water partition coefficient (Wildman–Crippen LogP) is 0.847. The van der Waals surface area contributed by atoms with Crippen LogP contribution in [0.5, 0.6) is 0 Å². The highest BCUT2D eigenvalue weighted by Gasteiger charge is 2.20. The van der Waals surface area contributed by atoms with Crippen molar-refractivity contribution in [2.75, 3.05) is 19.8 Å². The molecular weight excluding hydrogens is 186 g/mol. The van der Waals surface area contributed by atoms with Crippen molar-refractivity contribution >= 4 is 18.5 Å². The minimum Gasteiger partial charge on any atom is -0.379 e. The average Bonchev–Trinajstić information content (AvgIpc) is 2.87. The van der Waals surface area contributed by atoms with Gasteiger partial charge in [0.2, 0.25) is 5.91 Å². The first-order chi connectivity index (χ1) is 6.20. The number of hydrogen-bond donors (Lipinski definition) is 2. The Morgan fingerprint density at radius 3 is 2.92 bits per heavy atom. The number of hydrogen-bond acceptors (Lipinski definition) is 3. The van der Waals surface area contributed by atoms with Crippen molar-refractivity contribution < 1.29 is 9.53 Å². The highest BCUT2D eigenvalue weighted by molar-refractivity contribution is 7.81. The Kier molecular flexibility index (Phi) is 4.59. The summed E-state index contributed by atoms with van der Waals surface area (Å²) in [6.45, 7) is 3.81. The summed E-state index contributed by atoms with van der Waals surface area (Å²) in [5.41, 5.74) is 0. The third-order valence-corrected chi connectivity index (χ3v) is 2.21. The first kappa shape index (κ1) is 10.9. The van der Waals surface area contributed by atoms with E-state index in [2.05, 4.69) is 17.9 Å². The summed E-state index contributed by atoms with van der Waals surface area (Å²) < 4.78 is 5.35. The van der Waals surface area contributed by atoms with Crippen molar-refractivity contribution in [3.63, 3.8) is 0 Å². The van der Waals surface area contributed by atoms with Crippen LogP contribution in [0.2, 0.25) is 0 Å². The average molecular weight is 203 g/mol. The lowest BCUT2D eigenvalue weighted by Crippen LogP contribution is -2.32. The van der Waals surface area contributed by atoms with E-state index in [0.717, 1.165) is 12.5 Å². The number of amides is 1. The molecule has 1 unspecified atom stereocenters. The number of carbonyl (C=O) groups is 1. The highest BCUT2D eigenvalue weighted by atomic mass is 32.1. The van der Waals surface area contributed by atoms with Gasteiger partial charge in [-0.15, -0.1) is 0 Å². The molecule has 1 rings (SSSR count). The van der Waals surface area contributed by atoms with Crippen molar-refractivity contribution in [1.29, 1.82) is 0 Å². The minimum atomic E-state index is -0.233. The topological polar surface area (TPSA) is 38.3 Å². The molecule has 1 atom stereocenters. The monoisotopic (exact) mass is 203 g/mol. The van der Waals surface area contributed by atoms with Crippen molar-refractivity contribution in [1.82, 2.24) is 5.32 Å². The molecular formula is C9H17NO2S.